The summed E-state index contributed by atoms with van der Waals surface area (Å²) in [5.41, 5.74) is 7.06. The van der Waals surface area contributed by atoms with Gasteiger partial charge in [-0.15, -0.1) is 0 Å². The van der Waals surface area contributed by atoms with Crippen LogP contribution in [0.1, 0.15) is 35.7 Å². The van der Waals surface area contributed by atoms with Crippen molar-refractivity contribution in [2.24, 2.45) is 0 Å². The van der Waals surface area contributed by atoms with Crippen LogP contribution in [-0.2, 0) is 11.3 Å². The van der Waals surface area contributed by atoms with Gasteiger partial charge in [0.05, 0.1) is 13.7 Å². The second-order valence-corrected chi connectivity index (χ2v) is 7.76. The highest BCUT2D eigenvalue weighted by Gasteiger charge is 2.15. The number of benzene rings is 2. The number of rotatable bonds is 9. The number of unbranched alkanes of at least 4 members (excludes halogenated alkanes) is 1. The molecule has 2 amide bonds. The molecule has 0 aliphatic heterocycles. The summed E-state index contributed by atoms with van der Waals surface area (Å²) < 4.78 is 12.9. The highest BCUT2D eigenvalue weighted by atomic mass is 32.1. The molecule has 0 spiro atoms. The van der Waals surface area contributed by atoms with Gasteiger partial charge in [-0.3, -0.25) is 30.1 Å². The fourth-order valence-electron chi connectivity index (χ4n) is 3.02. The summed E-state index contributed by atoms with van der Waals surface area (Å²) in [5, 5.41) is 6.92. The Hall–Kier alpha value is -3.66. The van der Waals surface area contributed by atoms with E-state index >= 15 is 0 Å². The summed E-state index contributed by atoms with van der Waals surface area (Å²) in [6.07, 6.45) is 1.93. The number of amides is 2. The number of hydrazine groups is 1. The van der Waals surface area contributed by atoms with E-state index in [1.54, 1.807) is 22.8 Å². The number of nitrogens with zero attached hydrogens (tertiary/aromatic N) is 2. The largest absolute Gasteiger partial charge is 0.493 e. The predicted molar refractivity (Wildman–Crippen MR) is 127 cm³/mol. The summed E-state index contributed by atoms with van der Waals surface area (Å²) in [6, 6.07) is 12.5. The molecule has 0 unspecified atom stereocenters. The Morgan fingerprint density at radius 2 is 1.88 bits per heavy atom. The lowest BCUT2D eigenvalue weighted by molar-refractivity contribution is -0.122. The standard InChI is InChI=1S/C23H27N5O4S/c1-4-5-12-32-18-11-10-17(13-19(18)31-3)22(30)26-24-20(29)14-28-21(25-27-23(28)33)16-8-6-15(2)7-9-16/h6-11,13H,4-5,12,14H2,1-3H3,(H,24,29)(H,26,30)(H,27,33). The van der Waals surface area contributed by atoms with Crippen LogP contribution in [0, 0.1) is 11.7 Å². The molecule has 0 aliphatic rings. The first-order chi connectivity index (χ1) is 15.9. The van der Waals surface area contributed by atoms with Crippen molar-refractivity contribution in [3.63, 3.8) is 0 Å². The zero-order valence-corrected chi connectivity index (χ0v) is 19.6. The van der Waals surface area contributed by atoms with Crippen LogP contribution in [0.4, 0.5) is 0 Å². The molecule has 1 heterocycles. The monoisotopic (exact) mass is 469 g/mol. The van der Waals surface area contributed by atoms with Crippen molar-refractivity contribution in [2.45, 2.75) is 33.2 Å². The molecule has 2 aromatic carbocycles. The zero-order valence-electron chi connectivity index (χ0n) is 18.8. The molecule has 0 saturated heterocycles. The Kier molecular flexibility index (Phi) is 8.20. The van der Waals surface area contributed by atoms with Gasteiger partial charge in [-0.1, -0.05) is 43.2 Å². The lowest BCUT2D eigenvalue weighted by Crippen LogP contribution is -2.43. The first kappa shape index (κ1) is 24.0. The molecule has 3 rings (SSSR count). The quantitative estimate of drug-likeness (QED) is 0.251. The van der Waals surface area contributed by atoms with Gasteiger partial charge in [-0.25, -0.2) is 0 Å². The Labute approximate surface area is 197 Å². The van der Waals surface area contributed by atoms with E-state index in [9.17, 15) is 9.59 Å². The van der Waals surface area contributed by atoms with Crippen LogP contribution in [0.5, 0.6) is 11.5 Å². The van der Waals surface area contributed by atoms with Crippen molar-refractivity contribution in [3.05, 3.63) is 58.4 Å². The van der Waals surface area contributed by atoms with Crippen molar-refractivity contribution >= 4 is 24.0 Å². The molecule has 33 heavy (non-hydrogen) atoms. The number of methoxy groups -OCH3 is 1. The Balaban J connectivity index is 1.62. The van der Waals surface area contributed by atoms with Crippen LogP contribution in [0.15, 0.2) is 42.5 Å². The highest BCUT2D eigenvalue weighted by Crippen LogP contribution is 2.28. The van der Waals surface area contributed by atoms with Crippen molar-refractivity contribution in [1.29, 1.82) is 0 Å². The van der Waals surface area contributed by atoms with Gasteiger partial charge in [0.25, 0.3) is 11.8 Å². The second kappa shape index (κ2) is 11.3. The summed E-state index contributed by atoms with van der Waals surface area (Å²) in [6.45, 7) is 4.51. The van der Waals surface area contributed by atoms with E-state index in [1.807, 2.05) is 31.2 Å². The molecule has 3 N–H and O–H groups in total. The summed E-state index contributed by atoms with van der Waals surface area (Å²) in [5.74, 6) is 0.587. The van der Waals surface area contributed by atoms with E-state index < -0.39 is 11.8 Å². The molecule has 10 heteroatoms. The smallest absolute Gasteiger partial charge is 0.269 e. The number of hydrogen-bond donors (Lipinski definition) is 3. The number of carbonyl (C=O) groups excluding carboxylic acids is 2. The van der Waals surface area contributed by atoms with E-state index in [-0.39, 0.29) is 6.54 Å². The van der Waals surface area contributed by atoms with Crippen molar-refractivity contribution in [2.75, 3.05) is 13.7 Å². The molecule has 0 fully saturated rings. The summed E-state index contributed by atoms with van der Waals surface area (Å²) in [4.78, 5) is 25.0. The zero-order chi connectivity index (χ0) is 23.8. The number of nitrogens with one attached hydrogen (secondary N) is 3. The molecule has 1 aromatic heterocycles. The summed E-state index contributed by atoms with van der Waals surface area (Å²) >= 11 is 5.26. The first-order valence-electron chi connectivity index (χ1n) is 10.5. The van der Waals surface area contributed by atoms with Crippen LogP contribution < -0.4 is 20.3 Å². The minimum atomic E-state index is -0.490. The lowest BCUT2D eigenvalue weighted by atomic mass is 10.1. The number of aromatic nitrogens is 3. The normalized spacial score (nSPS) is 10.5. The van der Waals surface area contributed by atoms with Gasteiger partial charge < -0.3 is 9.47 Å². The maximum absolute atomic E-state index is 12.5. The van der Waals surface area contributed by atoms with Gasteiger partial charge in [-0.2, -0.15) is 5.10 Å². The molecule has 0 saturated carbocycles. The van der Waals surface area contributed by atoms with E-state index in [2.05, 4.69) is 28.0 Å². The average molecular weight is 470 g/mol. The number of hydrogen-bond acceptors (Lipinski definition) is 6. The third-order valence-corrected chi connectivity index (χ3v) is 5.18. The maximum Gasteiger partial charge on any atom is 0.269 e. The van der Waals surface area contributed by atoms with Gasteiger partial charge in [0, 0.05) is 11.1 Å². The fourth-order valence-corrected chi connectivity index (χ4v) is 3.22. The lowest BCUT2D eigenvalue weighted by Gasteiger charge is -2.13. The Morgan fingerprint density at radius 1 is 1.12 bits per heavy atom. The topological polar surface area (TPSA) is 110 Å². The molecule has 9 nitrogen and oxygen atoms in total. The molecule has 174 valence electrons. The number of ether oxygens (including phenoxy) is 2. The number of aromatic amines is 1. The SMILES string of the molecule is CCCCOc1ccc(C(=O)NNC(=O)Cn2c(-c3ccc(C)cc3)n[nH]c2=S)cc1OC. The Bertz CT molecular complexity index is 1170. The summed E-state index contributed by atoms with van der Waals surface area (Å²) in [7, 11) is 1.51. The second-order valence-electron chi connectivity index (χ2n) is 7.37. The van der Waals surface area contributed by atoms with E-state index in [1.165, 1.54) is 7.11 Å². The molecule has 3 aromatic rings. The third-order valence-electron chi connectivity index (χ3n) is 4.87. The maximum atomic E-state index is 12.5. The van der Waals surface area contributed by atoms with Crippen molar-refractivity contribution in [1.82, 2.24) is 25.6 Å². The van der Waals surface area contributed by atoms with Crippen molar-refractivity contribution in [3.8, 4) is 22.9 Å². The minimum absolute atomic E-state index is 0.119. The van der Waals surface area contributed by atoms with Gasteiger partial charge in [-0.05, 0) is 43.8 Å². The first-order valence-corrected chi connectivity index (χ1v) is 11.0. The van der Waals surface area contributed by atoms with Crippen LogP contribution >= 0.6 is 12.2 Å². The van der Waals surface area contributed by atoms with Gasteiger partial charge in [0.15, 0.2) is 22.1 Å². The van der Waals surface area contributed by atoms with Gasteiger partial charge in [0.1, 0.15) is 6.54 Å². The molecule has 0 aliphatic carbocycles. The fraction of sp³-hybridized carbons (Fsp3) is 0.304. The molecule has 0 radical (unpaired) electrons. The van der Waals surface area contributed by atoms with Crippen LogP contribution in [0.2, 0.25) is 0 Å². The van der Waals surface area contributed by atoms with Crippen LogP contribution in [0.3, 0.4) is 0 Å². The minimum Gasteiger partial charge on any atom is -0.493 e. The average Bonchev–Trinajstić information content (AvgIpc) is 3.18. The molecular formula is C23H27N5O4S. The number of carbonyl (C=O) groups is 2. The Morgan fingerprint density at radius 3 is 2.58 bits per heavy atom. The van der Waals surface area contributed by atoms with Gasteiger partial charge >= 0.3 is 0 Å². The predicted octanol–water partition coefficient (Wildman–Crippen LogP) is 3.56. The van der Waals surface area contributed by atoms with Crippen LogP contribution in [0.25, 0.3) is 11.4 Å². The molecule has 0 atom stereocenters. The van der Waals surface area contributed by atoms with E-state index in [4.69, 9.17) is 21.7 Å². The van der Waals surface area contributed by atoms with Crippen molar-refractivity contribution < 1.29 is 19.1 Å². The van der Waals surface area contributed by atoms with E-state index in [0.29, 0.717) is 34.3 Å². The number of H-pyrrole nitrogens is 1. The highest BCUT2D eigenvalue weighted by molar-refractivity contribution is 7.71. The molecular weight excluding hydrogens is 442 g/mol. The van der Waals surface area contributed by atoms with Gasteiger partial charge in [0.2, 0.25) is 0 Å². The molecule has 0 bridgehead atoms. The van der Waals surface area contributed by atoms with Crippen LogP contribution in [-0.4, -0.2) is 40.3 Å². The third kappa shape index (κ3) is 6.19. The van der Waals surface area contributed by atoms with E-state index in [0.717, 1.165) is 24.0 Å². The number of aryl methyl sites for hydroxylation is 1.